The van der Waals surface area contributed by atoms with Gasteiger partial charge in [-0.3, -0.25) is 4.79 Å². The molecule has 0 aromatic heterocycles. The van der Waals surface area contributed by atoms with Gasteiger partial charge < -0.3 is 4.74 Å². The lowest BCUT2D eigenvalue weighted by Gasteiger charge is -2.28. The summed E-state index contributed by atoms with van der Waals surface area (Å²) in [5, 5.41) is 0.754. The standard InChI is InChI=1S/C18H17ClO2/c1-10-5-4-6-13(7-10)14-9-16(20)21-15-8-11(2)18(19)12(3)17(14)15/h4-8,14H,9H2,1-3H3. The fraction of sp³-hybridized carbons (Fsp3) is 0.278. The highest BCUT2D eigenvalue weighted by molar-refractivity contribution is 6.32. The van der Waals surface area contributed by atoms with Crippen LogP contribution in [0.1, 0.15) is 40.2 Å². The minimum Gasteiger partial charge on any atom is -0.426 e. The van der Waals surface area contributed by atoms with Gasteiger partial charge in [0.15, 0.2) is 0 Å². The van der Waals surface area contributed by atoms with Crippen LogP contribution in [0.25, 0.3) is 0 Å². The number of hydrogen-bond donors (Lipinski definition) is 0. The van der Waals surface area contributed by atoms with E-state index in [9.17, 15) is 4.79 Å². The summed E-state index contributed by atoms with van der Waals surface area (Å²) in [5.74, 6) is 0.478. The van der Waals surface area contributed by atoms with Crippen LogP contribution in [-0.4, -0.2) is 5.97 Å². The molecule has 0 saturated heterocycles. The van der Waals surface area contributed by atoms with Crippen LogP contribution in [0.5, 0.6) is 5.75 Å². The van der Waals surface area contributed by atoms with Crippen molar-refractivity contribution in [3.8, 4) is 5.75 Å². The van der Waals surface area contributed by atoms with Crippen LogP contribution in [0, 0.1) is 20.8 Å². The molecule has 21 heavy (non-hydrogen) atoms. The maximum absolute atomic E-state index is 11.9. The van der Waals surface area contributed by atoms with E-state index in [4.69, 9.17) is 16.3 Å². The topological polar surface area (TPSA) is 26.3 Å². The first-order valence-electron chi connectivity index (χ1n) is 7.04. The molecule has 0 saturated carbocycles. The maximum atomic E-state index is 11.9. The SMILES string of the molecule is Cc1cccc(C2CC(=O)Oc3cc(C)c(Cl)c(C)c32)c1. The molecule has 1 aliphatic heterocycles. The Labute approximate surface area is 129 Å². The van der Waals surface area contributed by atoms with Gasteiger partial charge >= 0.3 is 5.97 Å². The van der Waals surface area contributed by atoms with E-state index in [-0.39, 0.29) is 11.9 Å². The van der Waals surface area contributed by atoms with Crippen molar-refractivity contribution >= 4 is 17.6 Å². The summed E-state index contributed by atoms with van der Waals surface area (Å²) in [7, 11) is 0. The molecule has 0 spiro atoms. The second kappa shape index (κ2) is 5.19. The molecule has 1 unspecified atom stereocenters. The van der Waals surface area contributed by atoms with Crippen LogP contribution >= 0.6 is 11.6 Å². The van der Waals surface area contributed by atoms with Gasteiger partial charge in [-0.05, 0) is 43.5 Å². The Morgan fingerprint density at radius 2 is 1.95 bits per heavy atom. The van der Waals surface area contributed by atoms with Crippen LogP contribution in [-0.2, 0) is 4.79 Å². The Bertz CT molecular complexity index is 734. The van der Waals surface area contributed by atoms with E-state index in [2.05, 4.69) is 25.1 Å². The van der Waals surface area contributed by atoms with Crippen LogP contribution in [0.4, 0.5) is 0 Å². The van der Waals surface area contributed by atoms with E-state index in [1.54, 1.807) is 0 Å². The van der Waals surface area contributed by atoms with Crippen LogP contribution < -0.4 is 4.74 Å². The molecule has 0 aliphatic carbocycles. The van der Waals surface area contributed by atoms with Crippen LogP contribution in [0.2, 0.25) is 5.02 Å². The first-order valence-corrected chi connectivity index (χ1v) is 7.42. The van der Waals surface area contributed by atoms with Gasteiger partial charge in [0.1, 0.15) is 5.75 Å². The van der Waals surface area contributed by atoms with E-state index < -0.39 is 0 Å². The second-order valence-electron chi connectivity index (χ2n) is 5.69. The lowest BCUT2D eigenvalue weighted by Crippen LogP contribution is -2.22. The Balaban J connectivity index is 2.22. The summed E-state index contributed by atoms with van der Waals surface area (Å²) in [4.78, 5) is 11.9. The second-order valence-corrected chi connectivity index (χ2v) is 6.07. The zero-order valence-electron chi connectivity index (χ0n) is 12.4. The number of aryl methyl sites for hydroxylation is 2. The summed E-state index contributed by atoms with van der Waals surface area (Å²) >= 11 is 6.39. The zero-order valence-corrected chi connectivity index (χ0v) is 13.1. The minimum absolute atomic E-state index is 0.0132. The van der Waals surface area contributed by atoms with Gasteiger partial charge in [-0.1, -0.05) is 41.4 Å². The van der Waals surface area contributed by atoms with Crippen LogP contribution in [0.3, 0.4) is 0 Å². The molecule has 2 aromatic rings. The van der Waals surface area contributed by atoms with E-state index in [1.807, 2.05) is 26.0 Å². The third-order valence-electron chi connectivity index (χ3n) is 4.08. The van der Waals surface area contributed by atoms with Crippen molar-refractivity contribution in [3.63, 3.8) is 0 Å². The molecule has 1 aliphatic rings. The third-order valence-corrected chi connectivity index (χ3v) is 4.66. The highest BCUT2D eigenvalue weighted by atomic mass is 35.5. The fourth-order valence-corrected chi connectivity index (χ4v) is 3.21. The lowest BCUT2D eigenvalue weighted by atomic mass is 9.83. The molecule has 0 radical (unpaired) electrons. The quantitative estimate of drug-likeness (QED) is 0.563. The first-order chi connectivity index (χ1) is 9.97. The zero-order chi connectivity index (χ0) is 15.1. The number of carbonyl (C=O) groups excluding carboxylic acids is 1. The molecular formula is C18H17ClO2. The molecule has 1 heterocycles. The van der Waals surface area contributed by atoms with E-state index in [0.29, 0.717) is 12.2 Å². The number of hydrogen-bond acceptors (Lipinski definition) is 2. The van der Waals surface area contributed by atoms with Crippen molar-refractivity contribution < 1.29 is 9.53 Å². The molecule has 0 fully saturated rings. The van der Waals surface area contributed by atoms with Crippen molar-refractivity contribution in [1.29, 1.82) is 0 Å². The van der Waals surface area contributed by atoms with E-state index in [0.717, 1.165) is 27.3 Å². The number of fused-ring (bicyclic) bond motifs is 1. The smallest absolute Gasteiger partial charge is 0.312 e. The van der Waals surface area contributed by atoms with Crippen molar-refractivity contribution in [2.75, 3.05) is 0 Å². The average molecular weight is 301 g/mol. The molecule has 3 heteroatoms. The summed E-state index contributed by atoms with van der Waals surface area (Å²) in [6, 6.07) is 10.1. The number of rotatable bonds is 1. The molecule has 3 rings (SSSR count). The molecule has 0 N–H and O–H groups in total. The van der Waals surface area contributed by atoms with E-state index >= 15 is 0 Å². The number of halogens is 1. The van der Waals surface area contributed by atoms with Gasteiger partial charge in [-0.25, -0.2) is 0 Å². The van der Waals surface area contributed by atoms with Crippen LogP contribution in [0.15, 0.2) is 30.3 Å². The number of carbonyl (C=O) groups is 1. The lowest BCUT2D eigenvalue weighted by molar-refractivity contribution is -0.135. The van der Waals surface area contributed by atoms with Gasteiger partial charge in [0, 0.05) is 16.5 Å². The Kier molecular flexibility index (Phi) is 3.50. The maximum Gasteiger partial charge on any atom is 0.312 e. The molecule has 0 amide bonds. The number of esters is 1. The molecule has 2 nitrogen and oxygen atoms in total. The Morgan fingerprint density at radius 1 is 1.19 bits per heavy atom. The Hall–Kier alpha value is -1.80. The largest absolute Gasteiger partial charge is 0.426 e. The van der Waals surface area contributed by atoms with Gasteiger partial charge in [-0.2, -0.15) is 0 Å². The average Bonchev–Trinajstić information content (AvgIpc) is 2.44. The number of ether oxygens (including phenoxy) is 1. The third kappa shape index (κ3) is 2.44. The molecule has 2 aromatic carbocycles. The van der Waals surface area contributed by atoms with Gasteiger partial charge in [0.05, 0.1) is 6.42 Å². The highest BCUT2D eigenvalue weighted by Crippen LogP contribution is 2.44. The summed E-state index contributed by atoms with van der Waals surface area (Å²) < 4.78 is 5.43. The monoisotopic (exact) mass is 300 g/mol. The summed E-state index contributed by atoms with van der Waals surface area (Å²) in [5.41, 5.74) is 5.30. The Morgan fingerprint density at radius 3 is 2.67 bits per heavy atom. The normalized spacial score (nSPS) is 17.3. The van der Waals surface area contributed by atoms with Crippen molar-refractivity contribution in [2.45, 2.75) is 33.1 Å². The fourth-order valence-electron chi connectivity index (χ4n) is 3.06. The van der Waals surface area contributed by atoms with Crippen molar-refractivity contribution in [3.05, 3.63) is 63.2 Å². The van der Waals surface area contributed by atoms with Gasteiger partial charge in [-0.15, -0.1) is 0 Å². The molecule has 1 atom stereocenters. The van der Waals surface area contributed by atoms with Crippen molar-refractivity contribution in [2.24, 2.45) is 0 Å². The summed E-state index contributed by atoms with van der Waals surface area (Å²) in [6.45, 7) is 5.98. The first kappa shape index (κ1) is 14.2. The predicted octanol–water partition coefficient (Wildman–Crippen LogP) is 4.71. The van der Waals surface area contributed by atoms with Crippen molar-refractivity contribution in [1.82, 2.24) is 0 Å². The summed E-state index contributed by atoms with van der Waals surface area (Å²) in [6.07, 6.45) is 0.358. The van der Waals surface area contributed by atoms with Gasteiger partial charge in [0.25, 0.3) is 0 Å². The minimum atomic E-state index is -0.185. The van der Waals surface area contributed by atoms with Gasteiger partial charge in [0.2, 0.25) is 0 Å². The molecule has 108 valence electrons. The van der Waals surface area contributed by atoms with E-state index in [1.165, 1.54) is 5.56 Å². The molecule has 0 bridgehead atoms. The predicted molar refractivity (Wildman–Crippen MR) is 84.2 cm³/mol. The number of benzene rings is 2. The highest BCUT2D eigenvalue weighted by Gasteiger charge is 2.31. The molecular weight excluding hydrogens is 284 g/mol.